The molecule has 0 saturated heterocycles. The first-order valence-corrected chi connectivity index (χ1v) is 4.53. The summed E-state index contributed by atoms with van der Waals surface area (Å²) >= 11 is 0. The summed E-state index contributed by atoms with van der Waals surface area (Å²) in [5.41, 5.74) is 0. The fourth-order valence-corrected chi connectivity index (χ4v) is 2.54. The van der Waals surface area contributed by atoms with E-state index in [1.54, 1.807) is 0 Å². The molecule has 2 aliphatic rings. The summed E-state index contributed by atoms with van der Waals surface area (Å²) in [6.07, 6.45) is 6.17. The Morgan fingerprint density at radius 2 is 1.64 bits per heavy atom. The molecule has 2 atom stereocenters. The highest BCUT2D eigenvalue weighted by molar-refractivity contribution is 5.74. The van der Waals surface area contributed by atoms with Crippen LogP contribution in [0.2, 0.25) is 0 Å². The number of carboxylic acid groups (broad SMARTS) is 1. The van der Waals surface area contributed by atoms with E-state index < -0.39 is 5.97 Å². The number of hydrogen-bond acceptors (Lipinski definition) is 1. The van der Waals surface area contributed by atoms with Crippen molar-refractivity contribution in [3.05, 3.63) is 0 Å². The van der Waals surface area contributed by atoms with Crippen molar-refractivity contribution in [1.29, 1.82) is 0 Å². The molecule has 0 spiro atoms. The molecule has 1 N–H and O–H groups in total. The first-order chi connectivity index (χ1) is 5.30. The van der Waals surface area contributed by atoms with Crippen LogP contribution in [0.1, 0.15) is 32.1 Å². The maximum Gasteiger partial charge on any atom is 0.307 e. The summed E-state index contributed by atoms with van der Waals surface area (Å²) in [7, 11) is 0. The van der Waals surface area contributed by atoms with Crippen LogP contribution in [-0.2, 0) is 4.79 Å². The van der Waals surface area contributed by atoms with E-state index in [-0.39, 0.29) is 5.92 Å². The normalized spacial score (nSPS) is 42.4. The number of rotatable bonds is 1. The molecule has 0 amide bonds. The van der Waals surface area contributed by atoms with Gasteiger partial charge in [0.15, 0.2) is 0 Å². The minimum absolute atomic E-state index is 0.0373. The van der Waals surface area contributed by atoms with Gasteiger partial charge in [-0.3, -0.25) is 4.79 Å². The standard InChI is InChI=1S/C9H14O2/c10-9(11)8-6-4-2-1-3-5-7(6)8/h6-8H,1-5H2,(H,10,11). The molecule has 62 valence electrons. The van der Waals surface area contributed by atoms with Crippen molar-refractivity contribution in [2.24, 2.45) is 17.8 Å². The van der Waals surface area contributed by atoms with Crippen LogP contribution in [-0.4, -0.2) is 11.1 Å². The SMILES string of the molecule is O=C(O)C1C2CCCCCC21. The van der Waals surface area contributed by atoms with Gasteiger partial charge in [0.25, 0.3) is 0 Å². The Labute approximate surface area is 66.6 Å². The second-order valence-corrected chi connectivity index (χ2v) is 3.83. The number of aliphatic carboxylic acids is 1. The van der Waals surface area contributed by atoms with Crippen LogP contribution in [0.15, 0.2) is 0 Å². The zero-order valence-electron chi connectivity index (χ0n) is 6.62. The molecular weight excluding hydrogens is 140 g/mol. The van der Waals surface area contributed by atoms with Crippen molar-refractivity contribution in [3.63, 3.8) is 0 Å². The predicted molar refractivity (Wildman–Crippen MR) is 41.2 cm³/mol. The number of fused-ring (bicyclic) bond motifs is 1. The third-order valence-electron chi connectivity index (χ3n) is 3.19. The Kier molecular flexibility index (Phi) is 1.63. The summed E-state index contributed by atoms with van der Waals surface area (Å²) in [5.74, 6) is 0.585. The van der Waals surface area contributed by atoms with Gasteiger partial charge in [-0.2, -0.15) is 0 Å². The van der Waals surface area contributed by atoms with Crippen molar-refractivity contribution in [3.8, 4) is 0 Å². The first-order valence-electron chi connectivity index (χ1n) is 4.53. The lowest BCUT2D eigenvalue weighted by Crippen LogP contribution is -2.01. The Bertz CT molecular complexity index is 164. The van der Waals surface area contributed by atoms with Gasteiger partial charge in [0, 0.05) is 0 Å². The van der Waals surface area contributed by atoms with E-state index in [1.165, 1.54) is 32.1 Å². The average Bonchev–Trinajstić information content (AvgIpc) is 2.57. The topological polar surface area (TPSA) is 37.3 Å². The van der Waals surface area contributed by atoms with Crippen molar-refractivity contribution in [2.75, 3.05) is 0 Å². The average molecular weight is 154 g/mol. The second kappa shape index (κ2) is 2.50. The van der Waals surface area contributed by atoms with Crippen LogP contribution >= 0.6 is 0 Å². The third-order valence-corrected chi connectivity index (χ3v) is 3.19. The lowest BCUT2D eigenvalue weighted by molar-refractivity contribution is -0.139. The molecule has 0 bridgehead atoms. The van der Waals surface area contributed by atoms with Gasteiger partial charge in [-0.05, 0) is 24.7 Å². The molecule has 0 aromatic carbocycles. The highest BCUT2D eigenvalue weighted by Gasteiger charge is 2.54. The largest absolute Gasteiger partial charge is 0.481 e. The third kappa shape index (κ3) is 1.15. The van der Waals surface area contributed by atoms with E-state index in [1.807, 2.05) is 0 Å². The molecule has 2 unspecified atom stereocenters. The van der Waals surface area contributed by atoms with Crippen LogP contribution in [0.5, 0.6) is 0 Å². The van der Waals surface area contributed by atoms with Crippen LogP contribution in [0, 0.1) is 17.8 Å². The summed E-state index contributed by atoms with van der Waals surface area (Å²) < 4.78 is 0. The van der Waals surface area contributed by atoms with Crippen molar-refractivity contribution in [2.45, 2.75) is 32.1 Å². The van der Waals surface area contributed by atoms with E-state index in [4.69, 9.17) is 5.11 Å². The minimum atomic E-state index is -0.554. The molecule has 2 heteroatoms. The molecule has 0 aliphatic heterocycles. The number of hydrogen-bond donors (Lipinski definition) is 1. The summed E-state index contributed by atoms with van der Waals surface area (Å²) in [6, 6.07) is 0. The minimum Gasteiger partial charge on any atom is -0.481 e. The monoisotopic (exact) mass is 154 g/mol. The summed E-state index contributed by atoms with van der Waals surface area (Å²) in [5, 5.41) is 8.78. The smallest absolute Gasteiger partial charge is 0.307 e. The van der Waals surface area contributed by atoms with Crippen molar-refractivity contribution < 1.29 is 9.90 Å². The van der Waals surface area contributed by atoms with Gasteiger partial charge in [0.05, 0.1) is 5.92 Å². The molecule has 0 radical (unpaired) electrons. The van der Waals surface area contributed by atoms with Gasteiger partial charge in [0.2, 0.25) is 0 Å². The molecule has 0 aromatic heterocycles. The van der Waals surface area contributed by atoms with Gasteiger partial charge in [-0.25, -0.2) is 0 Å². The molecule has 2 fully saturated rings. The van der Waals surface area contributed by atoms with Crippen LogP contribution in [0.25, 0.3) is 0 Å². The predicted octanol–water partition coefficient (Wildman–Crippen LogP) is 1.90. The summed E-state index contributed by atoms with van der Waals surface area (Å²) in [4.78, 5) is 10.6. The zero-order chi connectivity index (χ0) is 7.84. The van der Waals surface area contributed by atoms with Crippen LogP contribution in [0.3, 0.4) is 0 Å². The number of carboxylic acids is 1. The van der Waals surface area contributed by atoms with Gasteiger partial charge in [-0.15, -0.1) is 0 Å². The second-order valence-electron chi connectivity index (χ2n) is 3.83. The molecule has 11 heavy (non-hydrogen) atoms. The highest BCUT2D eigenvalue weighted by atomic mass is 16.4. The van der Waals surface area contributed by atoms with E-state index in [0.29, 0.717) is 11.8 Å². The Morgan fingerprint density at radius 1 is 1.09 bits per heavy atom. The highest BCUT2D eigenvalue weighted by Crippen LogP contribution is 2.54. The van der Waals surface area contributed by atoms with Gasteiger partial charge < -0.3 is 5.11 Å². The molecular formula is C9H14O2. The molecule has 0 heterocycles. The Hall–Kier alpha value is -0.530. The van der Waals surface area contributed by atoms with Gasteiger partial charge >= 0.3 is 5.97 Å². The van der Waals surface area contributed by atoms with E-state index in [0.717, 1.165) is 0 Å². The van der Waals surface area contributed by atoms with E-state index >= 15 is 0 Å². The fraction of sp³-hybridized carbons (Fsp3) is 0.889. The molecule has 2 aliphatic carbocycles. The molecule has 2 nitrogen and oxygen atoms in total. The summed E-state index contributed by atoms with van der Waals surface area (Å²) in [6.45, 7) is 0. The Balaban J connectivity index is 1.96. The lowest BCUT2D eigenvalue weighted by atomic mass is 10.1. The Morgan fingerprint density at radius 3 is 2.09 bits per heavy atom. The lowest BCUT2D eigenvalue weighted by Gasteiger charge is -1.96. The molecule has 0 aromatic rings. The number of carbonyl (C=O) groups is 1. The fourth-order valence-electron chi connectivity index (χ4n) is 2.54. The molecule has 2 rings (SSSR count). The van der Waals surface area contributed by atoms with Gasteiger partial charge in [-0.1, -0.05) is 19.3 Å². The zero-order valence-corrected chi connectivity index (χ0v) is 6.62. The quantitative estimate of drug-likeness (QED) is 0.626. The van der Waals surface area contributed by atoms with E-state index in [9.17, 15) is 4.79 Å². The molecule has 2 saturated carbocycles. The maximum absolute atomic E-state index is 10.6. The van der Waals surface area contributed by atoms with Crippen LogP contribution < -0.4 is 0 Å². The van der Waals surface area contributed by atoms with E-state index in [2.05, 4.69) is 0 Å². The first kappa shape index (κ1) is 7.14. The van der Waals surface area contributed by atoms with Gasteiger partial charge in [0.1, 0.15) is 0 Å². The van der Waals surface area contributed by atoms with Crippen molar-refractivity contribution >= 4 is 5.97 Å². The van der Waals surface area contributed by atoms with Crippen molar-refractivity contribution in [1.82, 2.24) is 0 Å². The maximum atomic E-state index is 10.6. The van der Waals surface area contributed by atoms with Crippen LogP contribution in [0.4, 0.5) is 0 Å².